The molecule has 1 aromatic heterocycles. The second-order valence-electron chi connectivity index (χ2n) is 2.78. The molecule has 0 aliphatic rings. The van der Waals surface area contributed by atoms with Crippen LogP contribution in [0.4, 0.5) is 5.82 Å². The van der Waals surface area contributed by atoms with Gasteiger partial charge < -0.3 is 15.5 Å². The average molecular weight is 206 g/mol. The summed E-state index contributed by atoms with van der Waals surface area (Å²) in [6.45, 7) is -0.209. The number of terminal acetylenes is 1. The van der Waals surface area contributed by atoms with Crippen molar-refractivity contribution in [2.24, 2.45) is 0 Å². The highest BCUT2D eigenvalue weighted by atomic mass is 16.4. The van der Waals surface area contributed by atoms with Crippen molar-refractivity contribution in [3.63, 3.8) is 0 Å². The molecule has 1 rings (SSSR count). The van der Waals surface area contributed by atoms with Crippen LogP contribution in [-0.2, 0) is 0 Å². The van der Waals surface area contributed by atoms with Gasteiger partial charge in [0.2, 0.25) is 0 Å². The summed E-state index contributed by atoms with van der Waals surface area (Å²) in [6, 6.07) is 2.37. The van der Waals surface area contributed by atoms with E-state index in [0.29, 0.717) is 5.82 Å². The maximum absolute atomic E-state index is 10.5. The Kier molecular flexibility index (Phi) is 3.66. The second kappa shape index (κ2) is 4.98. The van der Waals surface area contributed by atoms with Crippen molar-refractivity contribution in [1.29, 1.82) is 0 Å². The van der Waals surface area contributed by atoms with Gasteiger partial charge in [0.1, 0.15) is 11.9 Å². The van der Waals surface area contributed by atoms with E-state index in [1.165, 1.54) is 18.3 Å². The number of hydrogen-bond acceptors (Lipinski definition) is 4. The molecule has 5 heteroatoms. The highest BCUT2D eigenvalue weighted by Crippen LogP contribution is 2.06. The standard InChI is InChI=1S/C10H10N2O3/c1-2-8(6-13)12-9-4-3-7(5-11-9)10(14)15/h1,3-5,8,13H,6H2,(H,11,12)(H,14,15). The van der Waals surface area contributed by atoms with Crippen molar-refractivity contribution in [2.45, 2.75) is 6.04 Å². The van der Waals surface area contributed by atoms with E-state index in [2.05, 4.69) is 16.2 Å². The number of carboxylic acid groups (broad SMARTS) is 1. The Morgan fingerprint density at radius 2 is 2.40 bits per heavy atom. The van der Waals surface area contributed by atoms with Gasteiger partial charge in [0.15, 0.2) is 0 Å². The number of pyridine rings is 1. The molecule has 0 bridgehead atoms. The Morgan fingerprint density at radius 3 is 2.80 bits per heavy atom. The van der Waals surface area contributed by atoms with E-state index in [-0.39, 0.29) is 12.2 Å². The van der Waals surface area contributed by atoms with Gasteiger partial charge in [0.05, 0.1) is 12.2 Å². The van der Waals surface area contributed by atoms with E-state index in [0.717, 1.165) is 0 Å². The van der Waals surface area contributed by atoms with Gasteiger partial charge in [-0.25, -0.2) is 9.78 Å². The number of carbonyl (C=O) groups is 1. The minimum absolute atomic E-state index is 0.0989. The van der Waals surface area contributed by atoms with Crippen LogP contribution in [0.25, 0.3) is 0 Å². The molecular formula is C10H10N2O3. The van der Waals surface area contributed by atoms with E-state index in [1.807, 2.05) is 0 Å². The fourth-order valence-corrected chi connectivity index (χ4v) is 0.924. The number of carboxylic acids is 1. The molecular weight excluding hydrogens is 196 g/mol. The molecule has 0 radical (unpaired) electrons. The average Bonchev–Trinajstić information content (AvgIpc) is 2.26. The number of aromatic nitrogens is 1. The first kappa shape index (κ1) is 11.0. The lowest BCUT2D eigenvalue weighted by molar-refractivity contribution is 0.0696. The normalized spacial score (nSPS) is 11.5. The van der Waals surface area contributed by atoms with Gasteiger partial charge in [0, 0.05) is 6.20 Å². The molecule has 3 N–H and O–H groups in total. The zero-order valence-corrected chi connectivity index (χ0v) is 7.84. The van der Waals surface area contributed by atoms with Crippen molar-refractivity contribution in [1.82, 2.24) is 4.98 Å². The summed E-state index contributed by atoms with van der Waals surface area (Å²) in [5, 5.41) is 20.2. The largest absolute Gasteiger partial charge is 0.478 e. The van der Waals surface area contributed by atoms with Crippen LogP contribution in [0.5, 0.6) is 0 Å². The molecule has 1 heterocycles. The van der Waals surface area contributed by atoms with Crippen LogP contribution in [0, 0.1) is 12.3 Å². The van der Waals surface area contributed by atoms with Crippen LogP contribution >= 0.6 is 0 Å². The summed E-state index contributed by atoms with van der Waals surface area (Å²) in [5.74, 6) is 1.71. The summed E-state index contributed by atoms with van der Waals surface area (Å²) in [5.41, 5.74) is 0.0989. The van der Waals surface area contributed by atoms with Gasteiger partial charge in [-0.2, -0.15) is 0 Å². The Labute approximate surface area is 86.8 Å². The second-order valence-corrected chi connectivity index (χ2v) is 2.78. The van der Waals surface area contributed by atoms with E-state index < -0.39 is 12.0 Å². The van der Waals surface area contributed by atoms with E-state index in [1.54, 1.807) is 0 Å². The Bertz CT molecular complexity index is 381. The maximum atomic E-state index is 10.5. The third kappa shape index (κ3) is 2.97. The molecule has 15 heavy (non-hydrogen) atoms. The zero-order valence-electron chi connectivity index (χ0n) is 7.84. The number of aliphatic hydroxyl groups excluding tert-OH is 1. The third-order valence-electron chi connectivity index (χ3n) is 1.72. The Hall–Kier alpha value is -2.06. The van der Waals surface area contributed by atoms with Crippen LogP contribution in [0.2, 0.25) is 0 Å². The van der Waals surface area contributed by atoms with Crippen LogP contribution in [0.15, 0.2) is 18.3 Å². The molecule has 0 spiro atoms. The predicted octanol–water partition coefficient (Wildman–Crippen LogP) is 0.186. The minimum Gasteiger partial charge on any atom is -0.478 e. The molecule has 0 aliphatic carbocycles. The first-order chi connectivity index (χ1) is 7.17. The fourth-order valence-electron chi connectivity index (χ4n) is 0.924. The molecule has 0 saturated heterocycles. The number of aliphatic hydroxyl groups is 1. The monoisotopic (exact) mass is 206 g/mol. The predicted molar refractivity (Wildman–Crippen MR) is 54.5 cm³/mol. The van der Waals surface area contributed by atoms with Crippen LogP contribution < -0.4 is 5.32 Å². The number of hydrogen-bond donors (Lipinski definition) is 3. The zero-order chi connectivity index (χ0) is 11.3. The van der Waals surface area contributed by atoms with Crippen molar-refractivity contribution >= 4 is 11.8 Å². The number of rotatable bonds is 4. The molecule has 78 valence electrons. The SMILES string of the molecule is C#CC(CO)Nc1ccc(C(=O)O)cn1. The molecule has 1 aromatic rings. The van der Waals surface area contributed by atoms with Gasteiger partial charge in [-0.3, -0.25) is 0 Å². The number of aromatic carboxylic acids is 1. The lowest BCUT2D eigenvalue weighted by atomic mass is 10.2. The highest BCUT2D eigenvalue weighted by Gasteiger charge is 2.05. The molecule has 5 nitrogen and oxygen atoms in total. The maximum Gasteiger partial charge on any atom is 0.337 e. The fraction of sp³-hybridized carbons (Fsp3) is 0.200. The molecule has 0 aromatic carbocycles. The van der Waals surface area contributed by atoms with Gasteiger partial charge in [-0.15, -0.1) is 6.42 Å². The van der Waals surface area contributed by atoms with Crippen molar-refractivity contribution in [3.05, 3.63) is 23.9 Å². The van der Waals surface area contributed by atoms with Crippen LogP contribution in [0.1, 0.15) is 10.4 Å². The summed E-state index contributed by atoms with van der Waals surface area (Å²) < 4.78 is 0. The first-order valence-electron chi connectivity index (χ1n) is 4.20. The molecule has 0 aliphatic heterocycles. The van der Waals surface area contributed by atoms with Crippen LogP contribution in [0.3, 0.4) is 0 Å². The van der Waals surface area contributed by atoms with Gasteiger partial charge >= 0.3 is 5.97 Å². The molecule has 1 atom stereocenters. The van der Waals surface area contributed by atoms with Crippen molar-refractivity contribution < 1.29 is 15.0 Å². The molecule has 0 fully saturated rings. The third-order valence-corrected chi connectivity index (χ3v) is 1.72. The Balaban J connectivity index is 2.73. The van der Waals surface area contributed by atoms with Crippen molar-refractivity contribution in [3.8, 4) is 12.3 Å². The van der Waals surface area contributed by atoms with Crippen LogP contribution in [-0.4, -0.2) is 33.8 Å². The summed E-state index contributed by atoms with van der Waals surface area (Å²) in [4.78, 5) is 14.4. The summed E-state index contributed by atoms with van der Waals surface area (Å²) in [7, 11) is 0. The van der Waals surface area contributed by atoms with E-state index in [4.69, 9.17) is 16.6 Å². The minimum atomic E-state index is -1.04. The number of nitrogens with zero attached hydrogens (tertiary/aromatic N) is 1. The first-order valence-corrected chi connectivity index (χ1v) is 4.20. The lowest BCUT2D eigenvalue weighted by Gasteiger charge is -2.10. The van der Waals surface area contributed by atoms with Crippen molar-refractivity contribution in [2.75, 3.05) is 11.9 Å². The quantitative estimate of drug-likeness (QED) is 0.612. The summed E-state index contributed by atoms with van der Waals surface area (Å²) in [6.07, 6.45) is 6.33. The van der Waals surface area contributed by atoms with E-state index in [9.17, 15) is 4.79 Å². The molecule has 0 amide bonds. The number of nitrogens with one attached hydrogen (secondary N) is 1. The van der Waals surface area contributed by atoms with Gasteiger partial charge in [0.25, 0.3) is 0 Å². The molecule has 0 saturated carbocycles. The Morgan fingerprint density at radius 1 is 1.67 bits per heavy atom. The summed E-state index contributed by atoms with van der Waals surface area (Å²) >= 11 is 0. The molecule has 1 unspecified atom stereocenters. The topological polar surface area (TPSA) is 82.5 Å². The van der Waals surface area contributed by atoms with E-state index >= 15 is 0 Å². The van der Waals surface area contributed by atoms with Gasteiger partial charge in [-0.05, 0) is 12.1 Å². The number of anilines is 1. The lowest BCUT2D eigenvalue weighted by Crippen LogP contribution is -2.22. The smallest absolute Gasteiger partial charge is 0.337 e. The van der Waals surface area contributed by atoms with Gasteiger partial charge in [-0.1, -0.05) is 5.92 Å². The highest BCUT2D eigenvalue weighted by molar-refractivity contribution is 5.87.